The average molecular weight is 209 g/mol. The van der Waals surface area contributed by atoms with Crippen LogP contribution in [0.4, 0.5) is 0 Å². The maximum Gasteiger partial charge on any atom is 0.147 e. The lowest BCUT2D eigenvalue weighted by atomic mass is 10.1. The number of carbonyl (C=O) groups excluding carboxylic acids is 1. The highest BCUT2D eigenvalue weighted by Gasteiger charge is 2.09. The molecule has 0 saturated heterocycles. The lowest BCUT2D eigenvalue weighted by Crippen LogP contribution is -2.30. The molecule has 1 unspecified atom stereocenters. The van der Waals surface area contributed by atoms with Gasteiger partial charge in [-0.3, -0.25) is 4.79 Å². The van der Waals surface area contributed by atoms with Gasteiger partial charge in [0.15, 0.2) is 0 Å². The predicted octanol–water partition coefficient (Wildman–Crippen LogP) is 3.16. The van der Waals surface area contributed by atoms with Gasteiger partial charge in [0.2, 0.25) is 0 Å². The van der Waals surface area contributed by atoms with Crippen LogP contribution in [0.3, 0.4) is 0 Å². The summed E-state index contributed by atoms with van der Waals surface area (Å²) in [5, 5.41) is 0. The van der Waals surface area contributed by atoms with Crippen molar-refractivity contribution in [2.75, 3.05) is 6.54 Å². The summed E-state index contributed by atoms with van der Waals surface area (Å²) >= 11 is 0. The van der Waals surface area contributed by atoms with E-state index in [0.29, 0.717) is 12.6 Å². The van der Waals surface area contributed by atoms with Gasteiger partial charge in [0, 0.05) is 18.2 Å². The Kier molecular flexibility index (Phi) is 7.69. The first-order valence-corrected chi connectivity index (χ1v) is 5.68. The van der Waals surface area contributed by atoms with Crippen molar-refractivity contribution in [2.45, 2.75) is 46.1 Å². The smallest absolute Gasteiger partial charge is 0.147 e. The van der Waals surface area contributed by atoms with E-state index in [4.69, 9.17) is 0 Å². The van der Waals surface area contributed by atoms with Crippen LogP contribution in [0.1, 0.15) is 40.0 Å². The molecule has 2 nitrogen and oxygen atoms in total. The Bertz CT molecular complexity index is 221. The van der Waals surface area contributed by atoms with E-state index in [1.807, 2.05) is 19.2 Å². The van der Waals surface area contributed by atoms with E-state index >= 15 is 0 Å². The molecule has 2 heteroatoms. The van der Waals surface area contributed by atoms with Gasteiger partial charge in [-0.05, 0) is 26.5 Å². The molecule has 0 spiro atoms. The van der Waals surface area contributed by atoms with Gasteiger partial charge in [-0.2, -0.15) is 0 Å². The SMILES string of the molecule is C=CN(C/C(C=O)=C\C)C(C)CCCC. The number of hydrogen-bond acceptors (Lipinski definition) is 2. The molecule has 0 aromatic carbocycles. The largest absolute Gasteiger partial charge is 0.371 e. The predicted molar refractivity (Wildman–Crippen MR) is 65.7 cm³/mol. The highest BCUT2D eigenvalue weighted by Crippen LogP contribution is 2.10. The molecule has 0 heterocycles. The van der Waals surface area contributed by atoms with Crippen LogP contribution in [0, 0.1) is 0 Å². The third kappa shape index (κ3) is 5.40. The fourth-order valence-electron chi connectivity index (χ4n) is 1.47. The summed E-state index contributed by atoms with van der Waals surface area (Å²) in [6, 6.07) is 0.456. The van der Waals surface area contributed by atoms with Crippen LogP contribution >= 0.6 is 0 Å². The van der Waals surface area contributed by atoms with Gasteiger partial charge in [0.1, 0.15) is 6.29 Å². The standard InChI is InChI=1S/C13H23NO/c1-5-8-9-12(4)14(7-3)10-13(6-2)11-15/h6-7,11-12H,3,5,8-10H2,1-2,4H3/b13-6+. The van der Waals surface area contributed by atoms with Crippen molar-refractivity contribution in [3.63, 3.8) is 0 Å². The summed E-state index contributed by atoms with van der Waals surface area (Å²) in [6.45, 7) is 10.7. The Morgan fingerprint density at radius 1 is 1.53 bits per heavy atom. The summed E-state index contributed by atoms with van der Waals surface area (Å²) in [4.78, 5) is 12.8. The average Bonchev–Trinajstić information content (AvgIpc) is 2.27. The van der Waals surface area contributed by atoms with Crippen molar-refractivity contribution in [1.29, 1.82) is 0 Å². The number of unbranched alkanes of at least 4 members (excludes halogenated alkanes) is 1. The zero-order chi connectivity index (χ0) is 11.7. The number of aldehydes is 1. The lowest BCUT2D eigenvalue weighted by molar-refractivity contribution is -0.105. The highest BCUT2D eigenvalue weighted by molar-refractivity contribution is 5.73. The second-order valence-corrected chi connectivity index (χ2v) is 3.83. The second-order valence-electron chi connectivity index (χ2n) is 3.83. The van der Waals surface area contributed by atoms with Gasteiger partial charge in [-0.15, -0.1) is 0 Å². The molecule has 0 bridgehead atoms. The van der Waals surface area contributed by atoms with Crippen LogP contribution in [0.25, 0.3) is 0 Å². The number of nitrogens with zero attached hydrogens (tertiary/aromatic N) is 1. The molecule has 0 rings (SSSR count). The molecular formula is C13H23NO. The maximum absolute atomic E-state index is 10.7. The number of carbonyl (C=O) groups is 1. The van der Waals surface area contributed by atoms with E-state index < -0.39 is 0 Å². The zero-order valence-electron chi connectivity index (χ0n) is 10.2. The molecule has 0 aliphatic rings. The number of rotatable bonds is 8. The minimum atomic E-state index is 0.456. The van der Waals surface area contributed by atoms with E-state index in [1.165, 1.54) is 12.8 Å². The highest BCUT2D eigenvalue weighted by atomic mass is 16.1. The summed E-state index contributed by atoms with van der Waals surface area (Å²) in [5.74, 6) is 0. The monoisotopic (exact) mass is 209 g/mol. The molecular weight excluding hydrogens is 186 g/mol. The van der Waals surface area contributed by atoms with Gasteiger partial charge >= 0.3 is 0 Å². The normalized spacial score (nSPS) is 13.4. The lowest BCUT2D eigenvalue weighted by Gasteiger charge is -2.27. The maximum atomic E-state index is 10.7. The van der Waals surface area contributed by atoms with Crippen molar-refractivity contribution >= 4 is 6.29 Å². The summed E-state index contributed by atoms with van der Waals surface area (Å²) in [5.41, 5.74) is 0.818. The van der Waals surface area contributed by atoms with Crippen molar-refractivity contribution in [3.8, 4) is 0 Å². The Morgan fingerprint density at radius 2 is 2.20 bits per heavy atom. The van der Waals surface area contributed by atoms with Crippen LogP contribution in [0.2, 0.25) is 0 Å². The number of hydrogen-bond donors (Lipinski definition) is 0. The summed E-state index contributed by atoms with van der Waals surface area (Å²) in [6.07, 6.45) is 8.18. The second kappa shape index (κ2) is 8.27. The quantitative estimate of drug-likeness (QED) is 0.452. The minimum Gasteiger partial charge on any atom is -0.371 e. The van der Waals surface area contributed by atoms with E-state index in [-0.39, 0.29) is 0 Å². The van der Waals surface area contributed by atoms with Crippen LogP contribution in [-0.4, -0.2) is 23.8 Å². The minimum absolute atomic E-state index is 0.456. The third-order valence-corrected chi connectivity index (χ3v) is 2.66. The fraction of sp³-hybridized carbons (Fsp3) is 0.615. The summed E-state index contributed by atoms with van der Waals surface area (Å²) in [7, 11) is 0. The number of allylic oxidation sites excluding steroid dienone is 1. The van der Waals surface area contributed by atoms with Crippen LogP contribution in [0.15, 0.2) is 24.4 Å². The summed E-state index contributed by atoms with van der Waals surface area (Å²) < 4.78 is 0. The Labute approximate surface area is 93.7 Å². The molecule has 0 radical (unpaired) electrons. The fourth-order valence-corrected chi connectivity index (χ4v) is 1.47. The van der Waals surface area contributed by atoms with Crippen LogP contribution in [0.5, 0.6) is 0 Å². The van der Waals surface area contributed by atoms with Crippen molar-refractivity contribution in [2.24, 2.45) is 0 Å². The molecule has 0 aliphatic heterocycles. The molecule has 0 saturated carbocycles. The molecule has 0 fully saturated rings. The van der Waals surface area contributed by atoms with E-state index in [1.54, 1.807) is 0 Å². The first-order valence-electron chi connectivity index (χ1n) is 5.68. The topological polar surface area (TPSA) is 20.3 Å². The van der Waals surface area contributed by atoms with Gasteiger partial charge < -0.3 is 4.90 Å². The van der Waals surface area contributed by atoms with Crippen molar-refractivity contribution in [1.82, 2.24) is 4.90 Å². The Morgan fingerprint density at radius 3 is 2.60 bits per heavy atom. The molecule has 0 aliphatic carbocycles. The molecule has 86 valence electrons. The van der Waals surface area contributed by atoms with Crippen molar-refractivity contribution < 1.29 is 4.79 Å². The Hall–Kier alpha value is -1.05. The molecule has 15 heavy (non-hydrogen) atoms. The zero-order valence-corrected chi connectivity index (χ0v) is 10.2. The van der Waals surface area contributed by atoms with Gasteiger partial charge in [-0.1, -0.05) is 32.4 Å². The van der Waals surface area contributed by atoms with Crippen molar-refractivity contribution in [3.05, 3.63) is 24.4 Å². The van der Waals surface area contributed by atoms with Crippen LogP contribution < -0.4 is 0 Å². The van der Waals surface area contributed by atoms with Gasteiger partial charge in [-0.25, -0.2) is 0 Å². The van der Waals surface area contributed by atoms with Crippen LogP contribution in [-0.2, 0) is 4.79 Å². The molecule has 0 N–H and O–H groups in total. The van der Waals surface area contributed by atoms with Gasteiger partial charge in [0.25, 0.3) is 0 Å². The first kappa shape index (κ1) is 13.9. The van der Waals surface area contributed by atoms with E-state index in [9.17, 15) is 4.79 Å². The molecule has 0 aromatic heterocycles. The molecule has 1 atom stereocenters. The van der Waals surface area contributed by atoms with Gasteiger partial charge in [0.05, 0.1) is 0 Å². The van der Waals surface area contributed by atoms with E-state index in [2.05, 4.69) is 25.3 Å². The van der Waals surface area contributed by atoms with E-state index in [0.717, 1.165) is 18.3 Å². The third-order valence-electron chi connectivity index (χ3n) is 2.66. The first-order chi connectivity index (χ1) is 7.19. The molecule has 0 amide bonds. The molecule has 0 aromatic rings. The Balaban J connectivity index is 4.22.